The number of ether oxygens (including phenoxy) is 1. The third-order valence-electron chi connectivity index (χ3n) is 2.28. The topological polar surface area (TPSA) is 69.4 Å². The molecule has 0 fully saturated rings. The maximum absolute atomic E-state index is 10.5. The van der Waals surface area contributed by atoms with Crippen LogP contribution in [0, 0.1) is 10.1 Å². The van der Waals surface area contributed by atoms with Crippen LogP contribution in [-0.2, 0) is 0 Å². The molecule has 6 heteroatoms. The van der Waals surface area contributed by atoms with Crippen LogP contribution in [0.2, 0.25) is 0 Å². The number of benzene rings is 2. The first-order valence-corrected chi connectivity index (χ1v) is 5.95. The van der Waals surface area contributed by atoms with Crippen molar-refractivity contribution in [2.24, 2.45) is 0 Å². The zero-order chi connectivity index (χ0) is 15.0. The van der Waals surface area contributed by atoms with E-state index in [2.05, 4.69) is 0 Å². The van der Waals surface area contributed by atoms with Gasteiger partial charge in [0, 0.05) is 17.7 Å². The van der Waals surface area contributed by atoms with Gasteiger partial charge in [0.25, 0.3) is 10.9 Å². The van der Waals surface area contributed by atoms with Gasteiger partial charge in [0.15, 0.2) is 0 Å². The zero-order valence-electron chi connectivity index (χ0n) is 10.7. The fourth-order valence-corrected chi connectivity index (χ4v) is 1.40. The molecule has 2 aromatic rings. The molecule has 2 aromatic carbocycles. The van der Waals surface area contributed by atoms with Crippen molar-refractivity contribution in [3.05, 3.63) is 70.3 Å². The lowest BCUT2D eigenvalue weighted by atomic mass is 10.2. The van der Waals surface area contributed by atoms with Crippen LogP contribution in [0.15, 0.2) is 54.6 Å². The van der Waals surface area contributed by atoms with Crippen molar-refractivity contribution >= 4 is 22.5 Å². The van der Waals surface area contributed by atoms with E-state index in [9.17, 15) is 14.9 Å². The van der Waals surface area contributed by atoms with Crippen molar-refractivity contribution in [2.45, 2.75) is 0 Å². The summed E-state index contributed by atoms with van der Waals surface area (Å²) in [6, 6.07) is 14.8. The highest BCUT2D eigenvalue weighted by Crippen LogP contribution is 2.12. The van der Waals surface area contributed by atoms with Gasteiger partial charge in [-0.25, -0.2) is 0 Å². The van der Waals surface area contributed by atoms with Crippen molar-refractivity contribution in [1.82, 2.24) is 0 Å². The fourth-order valence-electron chi connectivity index (χ4n) is 1.27. The first-order chi connectivity index (χ1) is 9.54. The molecule has 20 heavy (non-hydrogen) atoms. The van der Waals surface area contributed by atoms with Crippen molar-refractivity contribution in [1.29, 1.82) is 0 Å². The Kier molecular flexibility index (Phi) is 6.19. The maximum Gasteiger partial charge on any atom is 0.269 e. The van der Waals surface area contributed by atoms with Crippen LogP contribution in [0.25, 0.3) is 0 Å². The van der Waals surface area contributed by atoms with Crippen molar-refractivity contribution in [3.63, 3.8) is 0 Å². The smallest absolute Gasteiger partial charge is 0.269 e. The molecule has 5 nitrogen and oxygen atoms in total. The molecule has 0 saturated heterocycles. The Morgan fingerprint density at radius 3 is 2.00 bits per heavy atom. The number of halogens is 1. The number of para-hydroxylation sites is 1. The van der Waals surface area contributed by atoms with Crippen LogP contribution < -0.4 is 4.74 Å². The van der Waals surface area contributed by atoms with Crippen LogP contribution in [0.5, 0.6) is 5.75 Å². The average molecular weight is 294 g/mol. The van der Waals surface area contributed by atoms with Gasteiger partial charge in [0.05, 0.1) is 12.0 Å². The van der Waals surface area contributed by atoms with E-state index >= 15 is 0 Å². The normalized spacial score (nSPS) is 9.10. The minimum absolute atomic E-state index is 0.0586. The molecule has 0 atom stereocenters. The first kappa shape index (κ1) is 15.7. The molecule has 0 radical (unpaired) electrons. The van der Waals surface area contributed by atoms with Crippen LogP contribution in [0.3, 0.4) is 0 Å². The summed E-state index contributed by atoms with van der Waals surface area (Å²) < 4.78 is 4.91. The molecular formula is C14H12ClNO4. The van der Waals surface area contributed by atoms with E-state index in [0.29, 0.717) is 0 Å². The van der Waals surface area contributed by atoms with E-state index in [1.807, 2.05) is 30.3 Å². The number of carbonyl (C=O) groups is 1. The summed E-state index contributed by atoms with van der Waals surface area (Å²) in [5, 5.41) is 9.55. The summed E-state index contributed by atoms with van der Waals surface area (Å²) in [6.07, 6.45) is 0. The molecule has 0 aliphatic heterocycles. The number of non-ortho nitro benzene ring substituents is 1. The first-order valence-electron chi connectivity index (χ1n) is 5.58. The monoisotopic (exact) mass is 293 g/mol. The second-order valence-corrected chi connectivity index (χ2v) is 3.94. The minimum atomic E-state index is -0.620. The van der Waals surface area contributed by atoms with E-state index in [0.717, 1.165) is 5.75 Å². The molecule has 104 valence electrons. The molecule has 0 aliphatic rings. The number of carbonyl (C=O) groups excluding carboxylic acids is 1. The number of nitro benzene ring substituents is 1. The van der Waals surface area contributed by atoms with Gasteiger partial charge in [-0.05, 0) is 35.9 Å². The molecule has 0 aliphatic carbocycles. The Labute approximate surface area is 120 Å². The molecule has 0 bridgehead atoms. The number of nitro groups is 1. The van der Waals surface area contributed by atoms with Crippen molar-refractivity contribution in [3.8, 4) is 5.75 Å². The number of hydrogen-bond acceptors (Lipinski definition) is 4. The number of nitrogens with zero attached hydrogens (tertiary/aromatic N) is 1. The SMILES string of the molecule is COc1ccccc1.O=C(Cl)c1ccc([N+](=O)[O-])cc1. The van der Waals surface area contributed by atoms with E-state index in [-0.39, 0.29) is 11.3 Å². The molecule has 0 N–H and O–H groups in total. The molecule has 2 rings (SSSR count). The van der Waals surface area contributed by atoms with Gasteiger partial charge in [-0.2, -0.15) is 0 Å². The summed E-state index contributed by atoms with van der Waals surface area (Å²) in [7, 11) is 1.66. The predicted octanol–water partition coefficient (Wildman–Crippen LogP) is 3.67. The third kappa shape index (κ3) is 5.07. The van der Waals surface area contributed by atoms with Crippen molar-refractivity contribution < 1.29 is 14.5 Å². The van der Waals surface area contributed by atoms with E-state index < -0.39 is 10.2 Å². The molecule has 0 saturated carbocycles. The second-order valence-electron chi connectivity index (χ2n) is 3.59. The Bertz CT molecular complexity index is 536. The van der Waals surface area contributed by atoms with Gasteiger partial charge in [-0.1, -0.05) is 18.2 Å². The number of hydrogen-bond donors (Lipinski definition) is 0. The lowest BCUT2D eigenvalue weighted by molar-refractivity contribution is -0.384. The highest BCUT2D eigenvalue weighted by atomic mass is 35.5. The number of rotatable bonds is 3. The average Bonchev–Trinajstić information content (AvgIpc) is 2.48. The summed E-state index contributed by atoms with van der Waals surface area (Å²) in [4.78, 5) is 20.2. The maximum atomic E-state index is 10.5. The Morgan fingerprint density at radius 1 is 1.10 bits per heavy atom. The Morgan fingerprint density at radius 2 is 1.65 bits per heavy atom. The highest BCUT2D eigenvalue weighted by molar-refractivity contribution is 6.67. The molecule has 0 amide bonds. The van der Waals surface area contributed by atoms with Crippen LogP contribution >= 0.6 is 11.6 Å². The Balaban J connectivity index is 0.000000217. The fraction of sp³-hybridized carbons (Fsp3) is 0.0714. The summed E-state index contributed by atoms with van der Waals surface area (Å²) in [6.45, 7) is 0. The largest absolute Gasteiger partial charge is 0.497 e. The van der Waals surface area contributed by atoms with Gasteiger partial charge >= 0.3 is 0 Å². The van der Waals surface area contributed by atoms with Crippen molar-refractivity contribution in [2.75, 3.05) is 7.11 Å². The molecular weight excluding hydrogens is 282 g/mol. The predicted molar refractivity (Wildman–Crippen MR) is 76.3 cm³/mol. The summed E-state index contributed by atoms with van der Waals surface area (Å²) in [5.41, 5.74) is 0.193. The van der Waals surface area contributed by atoms with Gasteiger partial charge < -0.3 is 4.74 Å². The van der Waals surface area contributed by atoms with Crippen LogP contribution in [0.1, 0.15) is 10.4 Å². The van der Waals surface area contributed by atoms with E-state index in [1.54, 1.807) is 7.11 Å². The van der Waals surface area contributed by atoms with Gasteiger partial charge in [-0.15, -0.1) is 0 Å². The van der Waals surface area contributed by atoms with E-state index in [4.69, 9.17) is 16.3 Å². The van der Waals surface area contributed by atoms with E-state index in [1.165, 1.54) is 24.3 Å². The standard InChI is InChI=1S/C7H4ClNO3.C7H8O/c8-7(10)5-1-3-6(4-2-5)9(11)12;1-8-7-5-3-2-4-6-7/h1-4H;2-6H,1H3. The summed E-state index contributed by atoms with van der Waals surface area (Å²) in [5.74, 6) is 0.910. The van der Waals surface area contributed by atoms with Gasteiger partial charge in [-0.3, -0.25) is 14.9 Å². The van der Waals surface area contributed by atoms with Crippen LogP contribution in [-0.4, -0.2) is 17.3 Å². The minimum Gasteiger partial charge on any atom is -0.497 e. The van der Waals surface area contributed by atoms with Gasteiger partial charge in [0.1, 0.15) is 5.75 Å². The van der Waals surface area contributed by atoms with Gasteiger partial charge in [0.2, 0.25) is 0 Å². The highest BCUT2D eigenvalue weighted by Gasteiger charge is 2.06. The quantitative estimate of drug-likeness (QED) is 0.492. The zero-order valence-corrected chi connectivity index (χ0v) is 11.4. The lowest BCUT2D eigenvalue weighted by Gasteiger charge is -1.93. The molecule has 0 heterocycles. The molecule has 0 unspecified atom stereocenters. The molecule has 0 aromatic heterocycles. The third-order valence-corrected chi connectivity index (χ3v) is 2.50. The molecule has 0 spiro atoms. The Hall–Kier alpha value is -2.40. The summed E-state index contributed by atoms with van der Waals surface area (Å²) >= 11 is 5.13. The second kappa shape index (κ2) is 7.91. The van der Waals surface area contributed by atoms with Crippen LogP contribution in [0.4, 0.5) is 5.69 Å². The number of methoxy groups -OCH3 is 1. The lowest BCUT2D eigenvalue weighted by Crippen LogP contribution is -1.90.